The minimum absolute atomic E-state index is 0.270. The van der Waals surface area contributed by atoms with Crippen LogP contribution in [0.2, 0.25) is 0 Å². The summed E-state index contributed by atoms with van der Waals surface area (Å²) < 4.78 is 29.3. The van der Waals surface area contributed by atoms with E-state index in [1.165, 1.54) is 12.1 Å². The first-order valence-electron chi connectivity index (χ1n) is 6.18. The first-order valence-corrected chi connectivity index (χ1v) is 4.18. The lowest BCUT2D eigenvalue weighted by molar-refractivity contribution is 0.260. The normalized spacial score (nSPS) is 17.0. The molecule has 2 heteroatoms. The van der Waals surface area contributed by atoms with Crippen molar-refractivity contribution in [3.05, 3.63) is 47.5 Å². The summed E-state index contributed by atoms with van der Waals surface area (Å²) in [5, 5.41) is 20.2. The summed E-state index contributed by atoms with van der Waals surface area (Å²) in [6.07, 6.45) is 0. The molecule has 0 bridgehead atoms. The molecule has 0 saturated heterocycles. The van der Waals surface area contributed by atoms with Crippen LogP contribution < -0.4 is 0 Å². The molecule has 0 aliphatic carbocycles. The maximum atomic E-state index is 9.45. The lowest BCUT2D eigenvalue weighted by Gasteiger charge is -2.06. The van der Waals surface area contributed by atoms with Crippen molar-refractivity contribution in [1.29, 1.82) is 0 Å². The molecule has 2 aromatic rings. The minimum atomic E-state index is -2.71. The summed E-state index contributed by atoms with van der Waals surface area (Å²) >= 11 is 0. The second kappa shape index (κ2) is 3.78. The zero-order valence-corrected chi connectivity index (χ0v) is 7.36. The van der Waals surface area contributed by atoms with Gasteiger partial charge in [-0.05, 0) is 34.0 Å². The molecule has 0 amide bonds. The number of benzene rings is 2. The molecule has 72 valence electrons. The molecule has 0 aromatic heterocycles. The van der Waals surface area contributed by atoms with Gasteiger partial charge in [-0.25, -0.2) is 0 Å². The van der Waals surface area contributed by atoms with Gasteiger partial charge in [0.2, 0.25) is 0 Å². The maximum Gasteiger partial charge on any atom is 0.0685 e. The summed E-state index contributed by atoms with van der Waals surface area (Å²) in [5.74, 6) is 0. The summed E-state index contributed by atoms with van der Waals surface area (Å²) in [5.41, 5.74) is -0.539. The van der Waals surface area contributed by atoms with Gasteiger partial charge in [0.05, 0.1) is 18.6 Å². The van der Waals surface area contributed by atoms with Gasteiger partial charge >= 0.3 is 0 Å². The Kier molecular flexibility index (Phi) is 1.48. The quantitative estimate of drug-likeness (QED) is 0.762. The maximum absolute atomic E-state index is 9.45. The summed E-state index contributed by atoms with van der Waals surface area (Å²) in [7, 11) is 0. The van der Waals surface area contributed by atoms with Crippen molar-refractivity contribution >= 4 is 10.8 Å². The van der Waals surface area contributed by atoms with Crippen LogP contribution in [0.4, 0.5) is 0 Å². The molecule has 0 saturated carbocycles. The van der Waals surface area contributed by atoms with Gasteiger partial charge in [0.15, 0.2) is 0 Å². The van der Waals surface area contributed by atoms with Crippen molar-refractivity contribution < 1.29 is 15.7 Å². The highest BCUT2D eigenvalue weighted by Crippen LogP contribution is 2.20. The zero-order valence-electron chi connectivity index (χ0n) is 11.4. The Labute approximate surface area is 88.1 Å². The second-order valence-electron chi connectivity index (χ2n) is 2.97. The fraction of sp³-hybridized carbons (Fsp3) is 0.167. The van der Waals surface area contributed by atoms with E-state index < -0.39 is 13.1 Å². The second-order valence-corrected chi connectivity index (χ2v) is 2.97. The molecule has 0 fully saturated rings. The van der Waals surface area contributed by atoms with E-state index in [4.69, 9.17) is 5.48 Å². The van der Waals surface area contributed by atoms with Crippen molar-refractivity contribution in [2.75, 3.05) is 0 Å². The fourth-order valence-electron chi connectivity index (χ4n) is 1.43. The molecule has 2 rings (SSSR count). The molecule has 14 heavy (non-hydrogen) atoms. The van der Waals surface area contributed by atoms with Crippen LogP contribution in [0.25, 0.3) is 10.8 Å². The molecule has 2 aromatic carbocycles. The zero-order chi connectivity index (χ0) is 13.6. The first-order chi connectivity index (χ1) is 8.19. The van der Waals surface area contributed by atoms with Gasteiger partial charge < -0.3 is 10.2 Å². The van der Waals surface area contributed by atoms with Crippen molar-refractivity contribution in [3.8, 4) is 0 Å². The van der Waals surface area contributed by atoms with E-state index in [2.05, 4.69) is 0 Å². The lowest BCUT2D eigenvalue weighted by Crippen LogP contribution is -1.93. The molecule has 2 nitrogen and oxygen atoms in total. The standard InChI is InChI=1S/C12H12O2/c13-7-11-5-9-3-1-2-4-10(9)6-12(11)8-14/h1-6,13-14H,7-8H2/i7D2,8D2. The van der Waals surface area contributed by atoms with Gasteiger partial charge in [-0.15, -0.1) is 0 Å². The fourth-order valence-corrected chi connectivity index (χ4v) is 1.43. The topological polar surface area (TPSA) is 40.5 Å². The predicted octanol–water partition coefficient (Wildman–Crippen LogP) is 1.82. The summed E-state index contributed by atoms with van der Waals surface area (Å²) in [6, 6.07) is 9.65. The lowest BCUT2D eigenvalue weighted by atomic mass is 10.0. The highest BCUT2D eigenvalue weighted by molar-refractivity contribution is 5.84. The average Bonchev–Trinajstić information content (AvgIpc) is 2.25. The van der Waals surface area contributed by atoms with Crippen molar-refractivity contribution in [2.45, 2.75) is 13.1 Å². The van der Waals surface area contributed by atoms with E-state index in [1.807, 2.05) is 0 Å². The van der Waals surface area contributed by atoms with E-state index in [9.17, 15) is 10.2 Å². The van der Waals surface area contributed by atoms with Crippen molar-refractivity contribution in [1.82, 2.24) is 0 Å². The third-order valence-corrected chi connectivity index (χ3v) is 2.13. The Morgan fingerprint density at radius 2 is 1.36 bits per heavy atom. The molecule has 0 aliphatic heterocycles. The first kappa shape index (κ1) is 5.49. The number of hydrogen-bond acceptors (Lipinski definition) is 2. The van der Waals surface area contributed by atoms with Gasteiger partial charge in [-0.1, -0.05) is 24.3 Å². The molecule has 2 N–H and O–H groups in total. The molecule has 0 radical (unpaired) electrons. The highest BCUT2D eigenvalue weighted by Gasteiger charge is 2.02. The van der Waals surface area contributed by atoms with Crippen LogP contribution in [0.5, 0.6) is 0 Å². The summed E-state index contributed by atoms with van der Waals surface area (Å²) in [6.45, 7) is -5.43. The SMILES string of the molecule is [2H]C([2H])(O)c1cc2ccccc2cc1C([2H])([2H])O. The molecule has 0 aliphatic rings. The molecule has 0 spiro atoms. The van der Waals surface area contributed by atoms with Gasteiger partial charge in [-0.2, -0.15) is 0 Å². The Hall–Kier alpha value is -1.38. The van der Waals surface area contributed by atoms with Crippen LogP contribution in [0.15, 0.2) is 36.4 Å². The van der Waals surface area contributed by atoms with Gasteiger partial charge in [0.25, 0.3) is 0 Å². The van der Waals surface area contributed by atoms with E-state index in [1.54, 1.807) is 24.3 Å². The van der Waals surface area contributed by atoms with E-state index in [-0.39, 0.29) is 11.1 Å². The van der Waals surface area contributed by atoms with Crippen LogP contribution in [-0.2, 0) is 13.1 Å². The van der Waals surface area contributed by atoms with E-state index in [0.717, 1.165) is 0 Å². The summed E-state index contributed by atoms with van der Waals surface area (Å²) in [4.78, 5) is 0. The van der Waals surface area contributed by atoms with Crippen LogP contribution >= 0.6 is 0 Å². The van der Waals surface area contributed by atoms with E-state index >= 15 is 0 Å². The third kappa shape index (κ3) is 1.50. The Morgan fingerprint density at radius 3 is 1.71 bits per heavy atom. The van der Waals surface area contributed by atoms with Gasteiger partial charge in [0.1, 0.15) is 0 Å². The largest absolute Gasteiger partial charge is 0.392 e. The Balaban J connectivity index is 2.81. The molecule has 0 atom stereocenters. The number of aliphatic hydroxyl groups is 2. The van der Waals surface area contributed by atoms with Crippen molar-refractivity contribution in [3.63, 3.8) is 0 Å². The molecule has 0 heterocycles. The van der Waals surface area contributed by atoms with E-state index in [0.29, 0.717) is 10.8 Å². The van der Waals surface area contributed by atoms with Crippen LogP contribution in [0.3, 0.4) is 0 Å². The highest BCUT2D eigenvalue weighted by atomic mass is 16.3. The minimum Gasteiger partial charge on any atom is -0.392 e. The monoisotopic (exact) mass is 192 g/mol. The molecular weight excluding hydrogens is 176 g/mol. The Bertz CT molecular complexity index is 532. The van der Waals surface area contributed by atoms with Gasteiger partial charge in [0, 0.05) is 0 Å². The van der Waals surface area contributed by atoms with Crippen LogP contribution in [0, 0.1) is 0 Å². The average molecular weight is 192 g/mol. The Morgan fingerprint density at radius 1 is 0.929 bits per heavy atom. The van der Waals surface area contributed by atoms with Crippen molar-refractivity contribution in [2.24, 2.45) is 0 Å². The smallest absolute Gasteiger partial charge is 0.0685 e. The number of fused-ring (bicyclic) bond motifs is 1. The number of hydrogen-bond donors (Lipinski definition) is 2. The number of rotatable bonds is 2. The molecular formula is C12H12O2. The van der Waals surface area contributed by atoms with Crippen LogP contribution in [0.1, 0.15) is 16.6 Å². The third-order valence-electron chi connectivity index (χ3n) is 2.13. The van der Waals surface area contributed by atoms with Crippen LogP contribution in [-0.4, -0.2) is 10.2 Å². The molecule has 0 unspecified atom stereocenters. The van der Waals surface area contributed by atoms with Gasteiger partial charge in [-0.3, -0.25) is 0 Å². The predicted molar refractivity (Wildman–Crippen MR) is 55.8 cm³/mol.